The van der Waals surface area contributed by atoms with Gasteiger partial charge in [-0.2, -0.15) is 5.26 Å². The van der Waals surface area contributed by atoms with Crippen LogP contribution in [0.4, 0.5) is 4.39 Å². The SMILES string of the molecule is COc1ccc(F)cc1C(N)C(C#N)C(C)C. The molecule has 92 valence electrons. The number of methoxy groups -OCH3 is 1. The fraction of sp³-hybridized carbons (Fsp3) is 0.462. The van der Waals surface area contributed by atoms with Gasteiger partial charge in [0.25, 0.3) is 0 Å². The third-order valence-corrected chi connectivity index (χ3v) is 2.81. The third-order valence-electron chi connectivity index (χ3n) is 2.81. The molecule has 2 unspecified atom stereocenters. The Bertz CT molecular complexity index is 426. The first-order valence-corrected chi connectivity index (χ1v) is 5.50. The molecule has 1 aromatic rings. The van der Waals surface area contributed by atoms with E-state index < -0.39 is 6.04 Å². The van der Waals surface area contributed by atoms with Gasteiger partial charge in [0, 0.05) is 11.6 Å². The van der Waals surface area contributed by atoms with Crippen LogP contribution in [-0.4, -0.2) is 7.11 Å². The minimum Gasteiger partial charge on any atom is -0.496 e. The van der Waals surface area contributed by atoms with E-state index in [2.05, 4.69) is 6.07 Å². The second kappa shape index (κ2) is 5.65. The zero-order chi connectivity index (χ0) is 13.0. The average Bonchev–Trinajstić information content (AvgIpc) is 2.29. The van der Waals surface area contributed by atoms with Gasteiger partial charge in [0.15, 0.2) is 0 Å². The highest BCUT2D eigenvalue weighted by Gasteiger charge is 2.25. The fourth-order valence-corrected chi connectivity index (χ4v) is 1.80. The summed E-state index contributed by atoms with van der Waals surface area (Å²) in [5.74, 6) is -0.134. The van der Waals surface area contributed by atoms with Crippen LogP contribution in [0.5, 0.6) is 5.75 Å². The molecule has 0 saturated carbocycles. The highest BCUT2D eigenvalue weighted by atomic mass is 19.1. The van der Waals surface area contributed by atoms with Crippen molar-refractivity contribution in [1.82, 2.24) is 0 Å². The van der Waals surface area contributed by atoms with E-state index in [0.29, 0.717) is 11.3 Å². The lowest BCUT2D eigenvalue weighted by atomic mass is 9.86. The van der Waals surface area contributed by atoms with Gasteiger partial charge in [-0.3, -0.25) is 0 Å². The number of nitriles is 1. The van der Waals surface area contributed by atoms with Gasteiger partial charge in [-0.15, -0.1) is 0 Å². The summed E-state index contributed by atoms with van der Waals surface area (Å²) in [7, 11) is 1.50. The Kier molecular flexibility index (Phi) is 4.47. The van der Waals surface area contributed by atoms with Crippen LogP contribution in [-0.2, 0) is 0 Å². The largest absolute Gasteiger partial charge is 0.496 e. The quantitative estimate of drug-likeness (QED) is 0.874. The van der Waals surface area contributed by atoms with E-state index in [9.17, 15) is 4.39 Å². The molecule has 2 N–H and O–H groups in total. The van der Waals surface area contributed by atoms with Crippen LogP contribution < -0.4 is 10.5 Å². The summed E-state index contributed by atoms with van der Waals surface area (Å²) in [5, 5.41) is 9.10. The second-order valence-electron chi connectivity index (χ2n) is 4.31. The standard InChI is InChI=1S/C13H17FN2O/c1-8(2)11(7-15)13(16)10-6-9(14)4-5-12(10)17-3/h4-6,8,11,13H,16H2,1-3H3. The molecule has 2 atom stereocenters. The lowest BCUT2D eigenvalue weighted by Gasteiger charge is -2.22. The summed E-state index contributed by atoms with van der Waals surface area (Å²) < 4.78 is 18.4. The number of rotatable bonds is 4. The molecule has 0 spiro atoms. The molecule has 3 nitrogen and oxygen atoms in total. The molecule has 0 amide bonds. The molecule has 0 aliphatic heterocycles. The van der Waals surface area contributed by atoms with Gasteiger partial charge >= 0.3 is 0 Å². The van der Waals surface area contributed by atoms with Crippen LogP contribution in [0.15, 0.2) is 18.2 Å². The van der Waals surface area contributed by atoms with Gasteiger partial charge in [0.1, 0.15) is 11.6 Å². The third kappa shape index (κ3) is 2.95. The van der Waals surface area contributed by atoms with Gasteiger partial charge < -0.3 is 10.5 Å². The smallest absolute Gasteiger partial charge is 0.123 e. The Balaban J connectivity index is 3.14. The van der Waals surface area contributed by atoms with Gasteiger partial charge in [-0.1, -0.05) is 13.8 Å². The lowest BCUT2D eigenvalue weighted by molar-refractivity contribution is 0.371. The summed E-state index contributed by atoms with van der Waals surface area (Å²) in [6.45, 7) is 3.83. The highest BCUT2D eigenvalue weighted by Crippen LogP contribution is 2.32. The van der Waals surface area contributed by atoms with Crippen molar-refractivity contribution in [3.8, 4) is 11.8 Å². The van der Waals surface area contributed by atoms with Crippen molar-refractivity contribution in [3.63, 3.8) is 0 Å². The minimum absolute atomic E-state index is 0.1000. The van der Waals surface area contributed by atoms with Crippen molar-refractivity contribution >= 4 is 0 Å². The van der Waals surface area contributed by atoms with Gasteiger partial charge in [0.05, 0.1) is 19.1 Å². The molecular formula is C13H17FN2O. The number of ether oxygens (including phenoxy) is 1. The molecular weight excluding hydrogens is 219 g/mol. The molecule has 0 aromatic heterocycles. The first-order valence-electron chi connectivity index (χ1n) is 5.50. The van der Waals surface area contributed by atoms with Crippen LogP contribution >= 0.6 is 0 Å². The Labute approximate surface area is 101 Å². The van der Waals surface area contributed by atoms with E-state index >= 15 is 0 Å². The summed E-state index contributed by atoms with van der Waals surface area (Å²) in [6, 6.07) is 5.79. The van der Waals surface area contributed by atoms with Crippen molar-refractivity contribution in [2.75, 3.05) is 7.11 Å². The van der Waals surface area contributed by atoms with E-state index in [1.54, 1.807) is 0 Å². The number of hydrogen-bond acceptors (Lipinski definition) is 3. The summed E-state index contributed by atoms with van der Waals surface area (Å²) in [6.07, 6.45) is 0. The molecule has 0 saturated heterocycles. The topological polar surface area (TPSA) is 59.0 Å². The maximum absolute atomic E-state index is 13.2. The van der Waals surface area contributed by atoms with Gasteiger partial charge in [-0.25, -0.2) is 4.39 Å². The molecule has 0 aliphatic carbocycles. The zero-order valence-corrected chi connectivity index (χ0v) is 10.3. The molecule has 1 rings (SSSR count). The van der Waals surface area contributed by atoms with E-state index in [0.717, 1.165) is 0 Å². The molecule has 17 heavy (non-hydrogen) atoms. The monoisotopic (exact) mass is 236 g/mol. The molecule has 1 aromatic carbocycles. The van der Waals surface area contributed by atoms with E-state index in [-0.39, 0.29) is 17.7 Å². The highest BCUT2D eigenvalue weighted by molar-refractivity contribution is 5.37. The van der Waals surface area contributed by atoms with Crippen molar-refractivity contribution in [3.05, 3.63) is 29.6 Å². The maximum Gasteiger partial charge on any atom is 0.123 e. The zero-order valence-electron chi connectivity index (χ0n) is 10.3. The molecule has 0 radical (unpaired) electrons. The van der Waals surface area contributed by atoms with E-state index in [1.807, 2.05) is 13.8 Å². The Morgan fingerprint density at radius 2 is 2.06 bits per heavy atom. The Hall–Kier alpha value is -1.60. The molecule has 0 bridgehead atoms. The normalized spacial score (nSPS) is 14.2. The predicted molar refractivity (Wildman–Crippen MR) is 63.8 cm³/mol. The number of benzene rings is 1. The number of nitrogens with zero attached hydrogens (tertiary/aromatic N) is 1. The maximum atomic E-state index is 13.2. The fourth-order valence-electron chi connectivity index (χ4n) is 1.80. The predicted octanol–water partition coefficient (Wildman–Crippen LogP) is 2.63. The molecule has 0 heterocycles. The minimum atomic E-state index is -0.550. The van der Waals surface area contributed by atoms with Crippen LogP contribution in [0.3, 0.4) is 0 Å². The Morgan fingerprint density at radius 1 is 1.41 bits per heavy atom. The first-order chi connectivity index (χ1) is 8.01. The summed E-state index contributed by atoms with van der Waals surface area (Å²) in [4.78, 5) is 0. The molecule has 4 heteroatoms. The second-order valence-corrected chi connectivity index (χ2v) is 4.31. The van der Waals surface area contributed by atoms with Crippen LogP contribution in [0, 0.1) is 29.0 Å². The van der Waals surface area contributed by atoms with E-state index in [1.165, 1.54) is 25.3 Å². The van der Waals surface area contributed by atoms with Gasteiger partial charge in [-0.05, 0) is 24.1 Å². The number of nitrogens with two attached hydrogens (primary N) is 1. The summed E-state index contributed by atoms with van der Waals surface area (Å²) >= 11 is 0. The molecule has 0 fully saturated rings. The number of halogens is 1. The van der Waals surface area contributed by atoms with Crippen LogP contribution in [0.1, 0.15) is 25.5 Å². The van der Waals surface area contributed by atoms with Crippen LogP contribution in [0.2, 0.25) is 0 Å². The van der Waals surface area contributed by atoms with Crippen molar-refractivity contribution in [2.45, 2.75) is 19.9 Å². The van der Waals surface area contributed by atoms with E-state index in [4.69, 9.17) is 15.7 Å². The first kappa shape index (κ1) is 13.5. The van der Waals surface area contributed by atoms with Crippen molar-refractivity contribution < 1.29 is 9.13 Å². The van der Waals surface area contributed by atoms with Crippen LogP contribution in [0.25, 0.3) is 0 Å². The van der Waals surface area contributed by atoms with Crippen molar-refractivity contribution in [1.29, 1.82) is 5.26 Å². The van der Waals surface area contributed by atoms with Gasteiger partial charge in [0.2, 0.25) is 0 Å². The average molecular weight is 236 g/mol. The molecule has 0 aliphatic rings. The summed E-state index contributed by atoms with van der Waals surface area (Å²) in [5.41, 5.74) is 6.56. The Morgan fingerprint density at radius 3 is 2.53 bits per heavy atom. The van der Waals surface area contributed by atoms with Crippen molar-refractivity contribution in [2.24, 2.45) is 17.6 Å². The lowest BCUT2D eigenvalue weighted by Crippen LogP contribution is -2.25. The number of hydrogen-bond donors (Lipinski definition) is 1.